The maximum absolute atomic E-state index is 10.5. The van der Waals surface area contributed by atoms with Gasteiger partial charge in [-0.05, 0) is 93.0 Å². The number of fused-ring (bicyclic) bond motifs is 6. The van der Waals surface area contributed by atoms with Crippen molar-refractivity contribution in [3.8, 4) is 0 Å². The highest BCUT2D eigenvalue weighted by Crippen LogP contribution is 2.65. The van der Waals surface area contributed by atoms with E-state index < -0.39 is 24.5 Å². The second-order valence-electron chi connectivity index (χ2n) is 16.1. The average molecular weight is 625 g/mol. The summed E-state index contributed by atoms with van der Waals surface area (Å²) in [6, 6.07) is 0.279. The molecule has 1 aromatic heterocycles. The zero-order valence-corrected chi connectivity index (χ0v) is 27.3. The van der Waals surface area contributed by atoms with Gasteiger partial charge >= 0.3 is 0 Å². The maximum atomic E-state index is 10.5. The Hall–Kier alpha value is -1.66. The van der Waals surface area contributed by atoms with E-state index in [1.54, 1.807) is 11.8 Å². The molecule has 8 rings (SSSR count). The van der Waals surface area contributed by atoms with Gasteiger partial charge in [-0.15, -0.1) is 5.10 Å². The van der Waals surface area contributed by atoms with Crippen molar-refractivity contribution in [2.24, 2.45) is 35.0 Å². The average Bonchev–Trinajstić information content (AvgIpc) is 3.70. The van der Waals surface area contributed by atoms with Crippen LogP contribution in [-0.2, 0) is 16.0 Å². The van der Waals surface area contributed by atoms with Crippen molar-refractivity contribution in [1.29, 1.82) is 0 Å². The summed E-state index contributed by atoms with van der Waals surface area (Å²) < 4.78 is 14.4. The fourth-order valence-electron chi connectivity index (χ4n) is 11.4. The van der Waals surface area contributed by atoms with Crippen molar-refractivity contribution in [2.45, 2.75) is 134 Å². The molecule has 3 saturated heterocycles. The predicted molar refractivity (Wildman–Crippen MR) is 165 cm³/mol. The number of ether oxygens (including phenoxy) is 2. The lowest BCUT2D eigenvalue weighted by molar-refractivity contribution is -0.214. The first kappa shape index (κ1) is 30.7. The number of allylic oxidation sites excluding steroid dienone is 2. The summed E-state index contributed by atoms with van der Waals surface area (Å²) in [6.45, 7) is 11.1. The zero-order chi connectivity index (χ0) is 31.4. The fraction of sp³-hybridized carbons (Fsp3) is 0.829. The van der Waals surface area contributed by atoms with Crippen molar-refractivity contribution in [1.82, 2.24) is 19.9 Å². The van der Waals surface area contributed by atoms with Gasteiger partial charge in [0.2, 0.25) is 0 Å². The molecule has 1 aromatic rings. The number of hydrogen-bond donors (Lipinski definition) is 4. The van der Waals surface area contributed by atoms with Crippen LogP contribution < -0.4 is 0 Å². The highest BCUT2D eigenvalue weighted by molar-refractivity contribution is 5.38. The number of aliphatic hydroxyl groups excluding tert-OH is 4. The molecule has 10 nitrogen and oxygen atoms in total. The molecule has 7 aliphatic rings. The second kappa shape index (κ2) is 10.9. The molecule has 0 bridgehead atoms. The molecule has 1 spiro atoms. The van der Waals surface area contributed by atoms with E-state index in [9.17, 15) is 20.4 Å². The van der Waals surface area contributed by atoms with Gasteiger partial charge in [-0.3, -0.25) is 4.90 Å². The number of aliphatic hydroxyl groups is 4. The van der Waals surface area contributed by atoms with E-state index in [0.29, 0.717) is 36.1 Å². The van der Waals surface area contributed by atoms with Crippen molar-refractivity contribution in [2.75, 3.05) is 13.2 Å². The lowest BCUT2D eigenvalue weighted by Crippen LogP contribution is -2.51. The van der Waals surface area contributed by atoms with Gasteiger partial charge in [0.05, 0.1) is 36.3 Å². The van der Waals surface area contributed by atoms with Crippen LogP contribution in [0.15, 0.2) is 29.0 Å². The van der Waals surface area contributed by atoms with Gasteiger partial charge in [-0.1, -0.05) is 43.2 Å². The minimum absolute atomic E-state index is 0.0698. The summed E-state index contributed by atoms with van der Waals surface area (Å²) in [5.74, 6) is 2.88. The number of nitrogens with zero attached hydrogens (tertiary/aromatic N) is 4. The number of piperidine rings is 1. The number of hydrogen-bond acceptors (Lipinski definition) is 9. The standard InChI is InChI=1S/C35H52N4O6/c1-18-11-29-30(38(14-18)15-22-16-39(37-36-22)33-32(43)31(42)28(41)17-44-33)20(3)35(45-29)10-8-24-25-6-5-21-12-23(40)7-9-34(21,4)27(25)13-26(24)19(35)2/h5,16,18,20,23-25,27-33,40-43H,6-15,17H2,1-4H3/t18-,20+,23-,24-,25-,27-,28+,29+,30-,31-,32+,33-,34-,35-/m0/s1. The third-order valence-electron chi connectivity index (χ3n) is 13.8. The van der Waals surface area contributed by atoms with Crippen LogP contribution in [0, 0.1) is 35.0 Å². The minimum Gasteiger partial charge on any atom is -0.393 e. The molecule has 3 aliphatic heterocycles. The summed E-state index contributed by atoms with van der Waals surface area (Å²) in [6.07, 6.45) is 8.30. The van der Waals surface area contributed by atoms with Crippen molar-refractivity contribution in [3.63, 3.8) is 0 Å². The SMILES string of the molecule is CC1=C2C[C@H]3[C@@H](CC=C4C[C@@H](O)CC[C@@]43C)[C@@H]2CC[C@]12O[C@@H]1C[C@H](C)CN(Cc3cn([C@H]4OC[C@@H](O)[C@H](O)[C@H]4O)nn3)[C@H]1[C@H]2C. The number of rotatable bonds is 3. The summed E-state index contributed by atoms with van der Waals surface area (Å²) in [4.78, 5) is 2.55. The molecule has 248 valence electrons. The molecule has 0 amide bonds. The topological polar surface area (TPSA) is 133 Å². The van der Waals surface area contributed by atoms with Gasteiger partial charge < -0.3 is 29.9 Å². The van der Waals surface area contributed by atoms with E-state index in [1.165, 1.54) is 28.7 Å². The molecule has 45 heavy (non-hydrogen) atoms. The Morgan fingerprint density at radius 2 is 1.89 bits per heavy atom. The van der Waals surface area contributed by atoms with Crippen LogP contribution in [0.3, 0.4) is 0 Å². The Labute approximate surface area is 266 Å². The summed E-state index contributed by atoms with van der Waals surface area (Å²) in [7, 11) is 0. The molecule has 0 aromatic carbocycles. The van der Waals surface area contributed by atoms with Crippen LogP contribution in [0.2, 0.25) is 0 Å². The van der Waals surface area contributed by atoms with Crippen LogP contribution in [0.1, 0.15) is 91.0 Å². The van der Waals surface area contributed by atoms with E-state index in [4.69, 9.17) is 9.47 Å². The smallest absolute Gasteiger partial charge is 0.180 e. The molecular formula is C35H52N4O6. The highest BCUT2D eigenvalue weighted by atomic mass is 16.5. The second-order valence-corrected chi connectivity index (χ2v) is 16.1. The quantitative estimate of drug-likeness (QED) is 0.375. The molecule has 0 radical (unpaired) electrons. The Morgan fingerprint density at radius 1 is 1.07 bits per heavy atom. The Morgan fingerprint density at radius 3 is 2.71 bits per heavy atom. The van der Waals surface area contributed by atoms with Gasteiger partial charge in [0, 0.05) is 25.0 Å². The number of likely N-dealkylation sites (tertiary alicyclic amines) is 1. The first-order valence-electron chi connectivity index (χ1n) is 17.6. The van der Waals surface area contributed by atoms with E-state index in [-0.39, 0.29) is 35.9 Å². The largest absolute Gasteiger partial charge is 0.393 e. The summed E-state index contributed by atoms with van der Waals surface area (Å²) in [5, 5.41) is 49.6. The maximum Gasteiger partial charge on any atom is 0.180 e. The molecule has 4 N–H and O–H groups in total. The van der Waals surface area contributed by atoms with Gasteiger partial charge in [0.25, 0.3) is 0 Å². The monoisotopic (exact) mass is 624 g/mol. The predicted octanol–water partition coefficient (Wildman–Crippen LogP) is 3.12. The van der Waals surface area contributed by atoms with E-state index in [0.717, 1.165) is 50.8 Å². The van der Waals surface area contributed by atoms with Crippen LogP contribution in [-0.4, -0.2) is 95.6 Å². The van der Waals surface area contributed by atoms with Gasteiger partial charge in [-0.25, -0.2) is 4.68 Å². The molecule has 5 fully saturated rings. The normalized spacial score (nSPS) is 49.8. The molecule has 14 atom stereocenters. The molecule has 2 saturated carbocycles. The first-order chi connectivity index (χ1) is 21.5. The third-order valence-corrected chi connectivity index (χ3v) is 13.8. The lowest BCUT2D eigenvalue weighted by atomic mass is 9.56. The first-order valence-corrected chi connectivity index (χ1v) is 17.6. The Kier molecular flexibility index (Phi) is 7.45. The van der Waals surface area contributed by atoms with Crippen LogP contribution >= 0.6 is 0 Å². The zero-order valence-electron chi connectivity index (χ0n) is 27.3. The van der Waals surface area contributed by atoms with E-state index >= 15 is 0 Å². The molecule has 4 aliphatic carbocycles. The van der Waals surface area contributed by atoms with Crippen molar-refractivity contribution in [3.05, 3.63) is 34.7 Å². The van der Waals surface area contributed by atoms with Gasteiger partial charge in [0.1, 0.15) is 18.3 Å². The van der Waals surface area contributed by atoms with Crippen molar-refractivity contribution < 1.29 is 29.9 Å². The molecule has 0 unspecified atom stereocenters. The van der Waals surface area contributed by atoms with Crippen LogP contribution in [0.4, 0.5) is 0 Å². The van der Waals surface area contributed by atoms with Gasteiger partial charge in [-0.2, -0.15) is 0 Å². The number of aromatic nitrogens is 3. The van der Waals surface area contributed by atoms with Crippen LogP contribution in [0.5, 0.6) is 0 Å². The third kappa shape index (κ3) is 4.60. The van der Waals surface area contributed by atoms with E-state index in [2.05, 4.69) is 49.0 Å². The molecular weight excluding hydrogens is 572 g/mol. The van der Waals surface area contributed by atoms with Gasteiger partial charge in [0.15, 0.2) is 6.23 Å². The highest BCUT2D eigenvalue weighted by Gasteiger charge is 2.61. The summed E-state index contributed by atoms with van der Waals surface area (Å²) in [5.41, 5.74) is 5.50. The lowest BCUT2D eigenvalue weighted by Gasteiger charge is -2.49. The Balaban J connectivity index is 1.04. The summed E-state index contributed by atoms with van der Waals surface area (Å²) >= 11 is 0. The fourth-order valence-corrected chi connectivity index (χ4v) is 11.4. The Bertz CT molecular complexity index is 1380. The minimum atomic E-state index is -1.29. The molecule has 4 heterocycles. The van der Waals surface area contributed by atoms with Crippen LogP contribution in [0.25, 0.3) is 0 Å². The van der Waals surface area contributed by atoms with E-state index in [1.807, 2.05) is 0 Å². The van der Waals surface area contributed by atoms with Crippen molar-refractivity contribution >= 4 is 0 Å². The molecule has 10 heteroatoms.